The highest BCUT2D eigenvalue weighted by Crippen LogP contribution is 2.50. The van der Waals surface area contributed by atoms with Gasteiger partial charge in [0.25, 0.3) is 0 Å². The first kappa shape index (κ1) is 17.7. The van der Waals surface area contributed by atoms with E-state index >= 15 is 0 Å². The number of carboxylic acids is 1. The number of hydrogen-bond acceptors (Lipinski definition) is 4. The maximum Gasteiger partial charge on any atom is 0.314 e. The van der Waals surface area contributed by atoms with Crippen LogP contribution in [-0.2, 0) is 9.53 Å². The number of carbonyl (C=O) groups excluding carboxylic acids is 1. The number of nitrogens with one attached hydrogen (secondary N) is 2. The third kappa shape index (κ3) is 4.31. The Morgan fingerprint density at radius 2 is 2.00 bits per heavy atom. The van der Waals surface area contributed by atoms with Gasteiger partial charge in [0.15, 0.2) is 0 Å². The molecule has 2 unspecified atom stereocenters. The Morgan fingerprint density at radius 1 is 1.33 bits per heavy atom. The lowest BCUT2D eigenvalue weighted by atomic mass is 9.56. The molecule has 0 radical (unpaired) electrons. The zero-order valence-electron chi connectivity index (χ0n) is 12.9. The largest absolute Gasteiger partial charge is 0.481 e. The highest BCUT2D eigenvalue weighted by molar-refractivity contribution is 5.74. The van der Waals surface area contributed by atoms with Gasteiger partial charge in [-0.15, -0.1) is 0 Å². The van der Waals surface area contributed by atoms with Crippen LogP contribution < -0.4 is 10.6 Å². The molecule has 0 aromatic heterocycles. The summed E-state index contributed by atoms with van der Waals surface area (Å²) in [5, 5.41) is 24.2. The average molecular weight is 302 g/mol. The summed E-state index contributed by atoms with van der Waals surface area (Å²) in [7, 11) is 0. The molecule has 21 heavy (non-hydrogen) atoms. The van der Waals surface area contributed by atoms with E-state index in [0.717, 1.165) is 0 Å². The third-order valence-corrected chi connectivity index (χ3v) is 4.29. The molecule has 1 rings (SSSR count). The van der Waals surface area contributed by atoms with Crippen molar-refractivity contribution in [1.82, 2.24) is 10.6 Å². The Labute approximate surface area is 125 Å². The molecule has 7 nitrogen and oxygen atoms in total. The number of carbonyl (C=O) groups is 2. The van der Waals surface area contributed by atoms with Crippen molar-refractivity contribution in [1.29, 1.82) is 0 Å². The summed E-state index contributed by atoms with van der Waals surface area (Å²) in [4.78, 5) is 21.9. The average Bonchev–Trinajstić information content (AvgIpc) is 2.41. The molecule has 0 saturated heterocycles. The van der Waals surface area contributed by atoms with Crippen molar-refractivity contribution in [2.24, 2.45) is 5.41 Å². The molecule has 0 spiro atoms. The Morgan fingerprint density at radius 3 is 2.52 bits per heavy atom. The molecule has 7 heteroatoms. The number of urea groups is 1. The monoisotopic (exact) mass is 302 g/mol. The van der Waals surface area contributed by atoms with Crippen molar-refractivity contribution in [3.63, 3.8) is 0 Å². The van der Waals surface area contributed by atoms with E-state index in [1.54, 1.807) is 0 Å². The molecular formula is C14H26N2O5. The molecule has 2 atom stereocenters. The SMILES string of the molecule is CCOC1CC(O)(CNC(=O)NCCCC(=O)O)C1(C)C. The topological polar surface area (TPSA) is 108 Å². The van der Waals surface area contributed by atoms with Crippen molar-refractivity contribution in [2.75, 3.05) is 19.7 Å². The van der Waals surface area contributed by atoms with Crippen LogP contribution in [0.1, 0.15) is 40.0 Å². The second-order valence-electron chi connectivity index (χ2n) is 6.01. The minimum atomic E-state index is -0.981. The first-order valence-corrected chi connectivity index (χ1v) is 7.30. The van der Waals surface area contributed by atoms with Crippen LogP contribution in [0.15, 0.2) is 0 Å². The van der Waals surface area contributed by atoms with Crippen LogP contribution in [0.2, 0.25) is 0 Å². The fraction of sp³-hybridized carbons (Fsp3) is 0.857. The normalized spacial score (nSPS) is 26.8. The van der Waals surface area contributed by atoms with Crippen molar-refractivity contribution < 1.29 is 24.5 Å². The van der Waals surface area contributed by atoms with Crippen LogP contribution in [0, 0.1) is 5.41 Å². The van der Waals surface area contributed by atoms with E-state index < -0.39 is 23.0 Å². The zero-order chi connectivity index (χ0) is 16.1. The van der Waals surface area contributed by atoms with Gasteiger partial charge in [0.1, 0.15) is 0 Å². The van der Waals surface area contributed by atoms with Crippen LogP contribution in [0.4, 0.5) is 4.79 Å². The molecule has 1 aliphatic rings. The number of ether oxygens (including phenoxy) is 1. The fourth-order valence-electron chi connectivity index (χ4n) is 2.49. The van der Waals surface area contributed by atoms with Gasteiger partial charge in [-0.1, -0.05) is 13.8 Å². The number of rotatable bonds is 8. The Bertz CT molecular complexity index is 386. The van der Waals surface area contributed by atoms with E-state index in [1.165, 1.54) is 0 Å². The van der Waals surface area contributed by atoms with Crippen LogP contribution in [0.5, 0.6) is 0 Å². The van der Waals surface area contributed by atoms with E-state index in [4.69, 9.17) is 9.84 Å². The van der Waals surface area contributed by atoms with Gasteiger partial charge in [-0.3, -0.25) is 4.79 Å². The van der Waals surface area contributed by atoms with Crippen LogP contribution in [-0.4, -0.2) is 53.6 Å². The van der Waals surface area contributed by atoms with Gasteiger partial charge in [-0.25, -0.2) is 4.79 Å². The molecule has 0 bridgehead atoms. The minimum absolute atomic E-state index is 0.00655. The van der Waals surface area contributed by atoms with Crippen molar-refractivity contribution in [2.45, 2.75) is 51.7 Å². The second kappa shape index (κ2) is 7.09. The highest BCUT2D eigenvalue weighted by Gasteiger charge is 2.59. The highest BCUT2D eigenvalue weighted by atomic mass is 16.5. The van der Waals surface area contributed by atoms with Crippen molar-refractivity contribution in [3.8, 4) is 0 Å². The lowest BCUT2D eigenvalue weighted by Crippen LogP contribution is -2.69. The van der Waals surface area contributed by atoms with Gasteiger partial charge < -0.3 is 25.6 Å². The van der Waals surface area contributed by atoms with Gasteiger partial charge in [-0.2, -0.15) is 0 Å². The number of aliphatic hydroxyl groups is 1. The predicted molar refractivity (Wildman–Crippen MR) is 77.0 cm³/mol. The van der Waals surface area contributed by atoms with Crippen LogP contribution >= 0.6 is 0 Å². The third-order valence-electron chi connectivity index (χ3n) is 4.29. The zero-order valence-corrected chi connectivity index (χ0v) is 12.9. The first-order chi connectivity index (χ1) is 9.73. The molecular weight excluding hydrogens is 276 g/mol. The van der Waals surface area contributed by atoms with Crippen molar-refractivity contribution >= 4 is 12.0 Å². The summed E-state index contributed by atoms with van der Waals surface area (Å²) in [5.41, 5.74) is -1.40. The fourth-order valence-corrected chi connectivity index (χ4v) is 2.49. The summed E-state index contributed by atoms with van der Waals surface area (Å²) in [5.74, 6) is -0.885. The Kier molecular flexibility index (Phi) is 5.98. The Balaban J connectivity index is 2.28. The lowest BCUT2D eigenvalue weighted by Gasteiger charge is -2.57. The minimum Gasteiger partial charge on any atom is -0.481 e. The van der Waals surface area contributed by atoms with Gasteiger partial charge in [0.05, 0.1) is 11.7 Å². The molecule has 1 saturated carbocycles. The van der Waals surface area contributed by atoms with E-state index in [-0.39, 0.29) is 19.1 Å². The quantitative estimate of drug-likeness (QED) is 0.494. The molecule has 1 aliphatic carbocycles. The van der Waals surface area contributed by atoms with Gasteiger partial charge in [0.2, 0.25) is 0 Å². The van der Waals surface area contributed by atoms with Gasteiger partial charge in [-0.05, 0) is 13.3 Å². The van der Waals surface area contributed by atoms with Gasteiger partial charge in [0, 0.05) is 38.0 Å². The molecule has 0 aromatic carbocycles. The molecule has 4 N–H and O–H groups in total. The molecule has 0 aliphatic heterocycles. The van der Waals surface area contributed by atoms with Gasteiger partial charge >= 0.3 is 12.0 Å². The maximum atomic E-state index is 11.6. The molecule has 2 amide bonds. The van der Waals surface area contributed by atoms with Crippen molar-refractivity contribution in [3.05, 3.63) is 0 Å². The summed E-state index contributed by atoms with van der Waals surface area (Å²) in [6, 6.07) is -0.399. The molecule has 0 aromatic rings. The van der Waals surface area contributed by atoms with Crippen LogP contribution in [0.25, 0.3) is 0 Å². The summed E-state index contributed by atoms with van der Waals surface area (Å²) in [6.07, 6.45) is 0.888. The summed E-state index contributed by atoms with van der Waals surface area (Å²) < 4.78 is 5.55. The lowest BCUT2D eigenvalue weighted by molar-refractivity contribution is -0.237. The van der Waals surface area contributed by atoms with Crippen LogP contribution in [0.3, 0.4) is 0 Å². The molecule has 122 valence electrons. The number of carboxylic acid groups (broad SMARTS) is 1. The maximum absolute atomic E-state index is 11.6. The number of aliphatic carboxylic acids is 1. The number of amides is 2. The summed E-state index contributed by atoms with van der Waals surface area (Å²) in [6.45, 7) is 6.79. The van der Waals surface area contributed by atoms with E-state index in [1.807, 2.05) is 20.8 Å². The molecule has 1 fully saturated rings. The second-order valence-corrected chi connectivity index (χ2v) is 6.01. The summed E-state index contributed by atoms with van der Waals surface area (Å²) >= 11 is 0. The predicted octanol–water partition coefficient (Wildman–Crippen LogP) is 0.716. The van der Waals surface area contributed by atoms with E-state index in [0.29, 0.717) is 26.0 Å². The Hall–Kier alpha value is -1.34. The first-order valence-electron chi connectivity index (χ1n) is 7.30. The molecule has 0 heterocycles. The number of hydrogen-bond donors (Lipinski definition) is 4. The van der Waals surface area contributed by atoms with E-state index in [2.05, 4.69) is 10.6 Å². The smallest absolute Gasteiger partial charge is 0.314 e. The van der Waals surface area contributed by atoms with E-state index in [9.17, 15) is 14.7 Å². The standard InChI is InChI=1S/C14H26N2O5/c1-4-21-10-8-14(20,13(10,2)3)9-16-12(19)15-7-5-6-11(17)18/h10,20H,4-9H2,1-3H3,(H,17,18)(H2,15,16,19).